The number of aromatic nitrogens is 1. The zero-order valence-corrected chi connectivity index (χ0v) is 14.5. The van der Waals surface area contributed by atoms with Crippen LogP contribution in [0.5, 0.6) is 0 Å². The Kier molecular flexibility index (Phi) is 5.08. The lowest BCUT2D eigenvalue weighted by Gasteiger charge is -2.17. The molecule has 0 fully saturated rings. The van der Waals surface area contributed by atoms with Crippen molar-refractivity contribution in [1.29, 1.82) is 0 Å². The number of fused-ring (bicyclic) bond motifs is 2. The molecule has 1 heterocycles. The van der Waals surface area contributed by atoms with Crippen molar-refractivity contribution in [2.45, 2.75) is 38.1 Å². The molecular formula is C18H17ClN2O5. The summed E-state index contributed by atoms with van der Waals surface area (Å²) in [5.74, 6) is -2.93. The summed E-state index contributed by atoms with van der Waals surface area (Å²) < 4.78 is 0. The van der Waals surface area contributed by atoms with Crippen molar-refractivity contribution in [3.05, 3.63) is 40.0 Å². The van der Waals surface area contributed by atoms with Crippen LogP contribution in [-0.4, -0.2) is 39.1 Å². The van der Waals surface area contributed by atoms with Crippen molar-refractivity contribution in [1.82, 2.24) is 10.3 Å². The van der Waals surface area contributed by atoms with Crippen LogP contribution in [-0.2, 0) is 22.4 Å². The first-order valence-corrected chi connectivity index (χ1v) is 8.61. The molecule has 8 heteroatoms. The van der Waals surface area contributed by atoms with E-state index in [9.17, 15) is 19.5 Å². The number of nitrogens with one attached hydrogen (secondary N) is 1. The number of carbonyl (C=O) groups excluding carboxylic acids is 1. The maximum absolute atomic E-state index is 12.9. The topological polar surface area (TPSA) is 117 Å². The van der Waals surface area contributed by atoms with Gasteiger partial charge in [-0.05, 0) is 49.4 Å². The Balaban J connectivity index is 2.00. The number of carboxylic acids is 2. The highest BCUT2D eigenvalue weighted by molar-refractivity contribution is 6.31. The molecule has 7 nitrogen and oxygen atoms in total. The molecule has 1 aliphatic rings. The molecule has 1 aromatic carbocycles. The van der Waals surface area contributed by atoms with Gasteiger partial charge in [0.15, 0.2) is 0 Å². The van der Waals surface area contributed by atoms with Gasteiger partial charge in [0.2, 0.25) is 0 Å². The maximum Gasteiger partial charge on any atom is 0.326 e. The Morgan fingerprint density at radius 2 is 2.00 bits per heavy atom. The van der Waals surface area contributed by atoms with Gasteiger partial charge in [0.1, 0.15) is 6.04 Å². The second-order valence-electron chi connectivity index (χ2n) is 6.22. The predicted molar refractivity (Wildman–Crippen MR) is 94.5 cm³/mol. The molecule has 1 unspecified atom stereocenters. The molecule has 0 saturated carbocycles. The lowest BCUT2D eigenvalue weighted by Crippen LogP contribution is -2.41. The van der Waals surface area contributed by atoms with Crippen LogP contribution >= 0.6 is 11.6 Å². The van der Waals surface area contributed by atoms with E-state index in [4.69, 9.17) is 16.7 Å². The van der Waals surface area contributed by atoms with Gasteiger partial charge in [-0.2, -0.15) is 0 Å². The number of aliphatic carboxylic acids is 2. The number of benzene rings is 1. The molecule has 26 heavy (non-hydrogen) atoms. The summed E-state index contributed by atoms with van der Waals surface area (Å²) in [6.45, 7) is 0. The summed E-state index contributed by atoms with van der Waals surface area (Å²) in [5, 5.41) is 21.5. The minimum absolute atomic E-state index is 0.192. The van der Waals surface area contributed by atoms with E-state index in [0.717, 1.165) is 24.1 Å². The second-order valence-corrected chi connectivity index (χ2v) is 6.66. The molecule has 0 aliphatic heterocycles. The third-order valence-electron chi connectivity index (χ3n) is 4.45. The number of amides is 1. The Morgan fingerprint density at radius 3 is 2.69 bits per heavy atom. The third-order valence-corrected chi connectivity index (χ3v) is 4.69. The quantitative estimate of drug-likeness (QED) is 0.712. The number of rotatable bonds is 6. The van der Waals surface area contributed by atoms with Gasteiger partial charge in [-0.3, -0.25) is 14.6 Å². The van der Waals surface area contributed by atoms with Crippen LogP contribution in [0.4, 0.5) is 0 Å². The van der Waals surface area contributed by atoms with Crippen LogP contribution in [0.2, 0.25) is 5.02 Å². The van der Waals surface area contributed by atoms with Crippen molar-refractivity contribution >= 4 is 40.3 Å². The van der Waals surface area contributed by atoms with Crippen molar-refractivity contribution in [2.24, 2.45) is 0 Å². The number of hydrogen-bond donors (Lipinski definition) is 3. The Morgan fingerprint density at radius 1 is 1.23 bits per heavy atom. The van der Waals surface area contributed by atoms with Gasteiger partial charge in [-0.15, -0.1) is 0 Å². The highest BCUT2D eigenvalue weighted by Crippen LogP contribution is 2.31. The first kappa shape index (κ1) is 18.1. The van der Waals surface area contributed by atoms with E-state index in [1.165, 1.54) is 0 Å². The molecule has 1 aromatic heterocycles. The van der Waals surface area contributed by atoms with Crippen molar-refractivity contribution in [3.8, 4) is 0 Å². The van der Waals surface area contributed by atoms with E-state index in [-0.39, 0.29) is 12.8 Å². The molecule has 3 N–H and O–H groups in total. The zero-order chi connectivity index (χ0) is 18.8. The lowest BCUT2D eigenvalue weighted by molar-refractivity contribution is -0.140. The summed E-state index contributed by atoms with van der Waals surface area (Å²) in [6, 6.07) is 3.78. The van der Waals surface area contributed by atoms with Crippen LogP contribution in [0.25, 0.3) is 10.9 Å². The predicted octanol–water partition coefficient (Wildman–Crippen LogP) is 2.42. The molecule has 1 atom stereocenters. The molecule has 1 aliphatic carbocycles. The monoisotopic (exact) mass is 376 g/mol. The number of nitrogens with zero attached hydrogens (tertiary/aromatic N) is 1. The summed E-state index contributed by atoms with van der Waals surface area (Å²) >= 11 is 6.07. The minimum Gasteiger partial charge on any atom is -0.481 e. The number of carboxylic acid groups (broad SMARTS) is 2. The average molecular weight is 377 g/mol. The number of aryl methyl sites for hydroxylation is 1. The third kappa shape index (κ3) is 3.62. The molecule has 136 valence electrons. The summed E-state index contributed by atoms with van der Waals surface area (Å²) in [4.78, 5) is 39.6. The second kappa shape index (κ2) is 7.29. The van der Waals surface area contributed by atoms with Gasteiger partial charge in [0.25, 0.3) is 5.91 Å². The fraction of sp³-hybridized carbons (Fsp3) is 0.333. The van der Waals surface area contributed by atoms with E-state index in [1.54, 1.807) is 18.2 Å². The summed E-state index contributed by atoms with van der Waals surface area (Å²) in [7, 11) is 0. The van der Waals surface area contributed by atoms with Gasteiger partial charge in [-0.1, -0.05) is 11.6 Å². The lowest BCUT2D eigenvalue weighted by atomic mass is 10.00. The van der Waals surface area contributed by atoms with Crippen LogP contribution in [0.15, 0.2) is 18.2 Å². The molecule has 2 aromatic rings. The van der Waals surface area contributed by atoms with Crippen molar-refractivity contribution in [2.75, 3.05) is 0 Å². The molecule has 0 spiro atoms. The van der Waals surface area contributed by atoms with Gasteiger partial charge < -0.3 is 15.5 Å². The normalized spacial score (nSPS) is 14.0. The molecule has 3 rings (SSSR count). The van der Waals surface area contributed by atoms with E-state index in [0.29, 0.717) is 27.9 Å². The fourth-order valence-electron chi connectivity index (χ4n) is 3.25. The largest absolute Gasteiger partial charge is 0.481 e. The van der Waals surface area contributed by atoms with Crippen molar-refractivity contribution in [3.63, 3.8) is 0 Å². The van der Waals surface area contributed by atoms with Crippen LogP contribution < -0.4 is 5.32 Å². The standard InChI is InChI=1S/C18H17ClN2O5/c19-9-4-5-13-11(8-9)16(10-2-1-3-12(10)20-13)17(24)21-14(18(25)26)6-7-15(22)23/h4-5,8,14H,1-3,6-7H2,(H,21,24)(H,22,23)(H,25,26). The molecular weight excluding hydrogens is 360 g/mol. The van der Waals surface area contributed by atoms with Crippen molar-refractivity contribution < 1.29 is 24.6 Å². The maximum atomic E-state index is 12.9. The smallest absolute Gasteiger partial charge is 0.326 e. The van der Waals surface area contributed by atoms with E-state index in [2.05, 4.69) is 10.3 Å². The molecule has 0 bridgehead atoms. The number of pyridine rings is 1. The van der Waals surface area contributed by atoms with Gasteiger partial charge >= 0.3 is 11.9 Å². The highest BCUT2D eigenvalue weighted by atomic mass is 35.5. The summed E-state index contributed by atoms with van der Waals surface area (Å²) in [6.07, 6.45) is 1.77. The molecule has 0 radical (unpaired) electrons. The highest BCUT2D eigenvalue weighted by Gasteiger charge is 2.27. The van der Waals surface area contributed by atoms with Gasteiger partial charge in [0, 0.05) is 22.5 Å². The molecule has 0 saturated heterocycles. The van der Waals surface area contributed by atoms with E-state index < -0.39 is 23.9 Å². The average Bonchev–Trinajstić information content (AvgIpc) is 3.03. The Bertz CT molecular complexity index is 912. The van der Waals surface area contributed by atoms with E-state index >= 15 is 0 Å². The zero-order valence-electron chi connectivity index (χ0n) is 13.8. The number of carbonyl (C=O) groups is 3. The number of halogens is 1. The van der Waals surface area contributed by atoms with Gasteiger partial charge in [0.05, 0.1) is 11.1 Å². The SMILES string of the molecule is O=C(O)CCC(NC(=O)c1c2c(nc3ccc(Cl)cc13)CCC2)C(=O)O. The van der Waals surface area contributed by atoms with Crippen LogP contribution in [0.3, 0.4) is 0 Å². The minimum atomic E-state index is -1.28. The molecule has 1 amide bonds. The van der Waals surface area contributed by atoms with Crippen LogP contribution in [0.1, 0.15) is 40.9 Å². The van der Waals surface area contributed by atoms with Gasteiger partial charge in [-0.25, -0.2) is 4.79 Å². The van der Waals surface area contributed by atoms with E-state index in [1.807, 2.05) is 0 Å². The fourth-order valence-corrected chi connectivity index (χ4v) is 3.42. The Labute approximate surface area is 154 Å². The first-order valence-electron chi connectivity index (χ1n) is 8.23. The Hall–Kier alpha value is -2.67. The first-order chi connectivity index (χ1) is 12.4. The number of hydrogen-bond acceptors (Lipinski definition) is 4. The summed E-state index contributed by atoms with van der Waals surface area (Å²) in [5.41, 5.74) is 2.64. The van der Waals surface area contributed by atoms with Crippen LogP contribution in [0, 0.1) is 0 Å².